The van der Waals surface area contributed by atoms with Gasteiger partial charge in [-0.25, -0.2) is 9.82 Å². The van der Waals surface area contributed by atoms with Gasteiger partial charge in [-0.05, 0) is 111 Å². The van der Waals surface area contributed by atoms with Crippen molar-refractivity contribution in [3.05, 3.63) is 118 Å². The number of aromatic nitrogens is 1. The SMILES string of the molecule is Cc1cc(/C=N\NC(=O)c2ccc(-n3c(C)ccc3C)cc2)cc(C)c1OCc1ccc(F)cc1. The lowest BCUT2D eigenvalue weighted by Crippen LogP contribution is -2.17. The van der Waals surface area contributed by atoms with Crippen LogP contribution in [0.15, 0.2) is 77.9 Å². The molecular weight excluding hydrogens is 441 g/mol. The molecule has 35 heavy (non-hydrogen) atoms. The molecule has 0 atom stereocenters. The summed E-state index contributed by atoms with van der Waals surface area (Å²) in [6.07, 6.45) is 1.61. The zero-order valence-corrected chi connectivity index (χ0v) is 20.3. The van der Waals surface area contributed by atoms with Crippen LogP contribution in [0.3, 0.4) is 0 Å². The van der Waals surface area contributed by atoms with Crippen molar-refractivity contribution < 1.29 is 13.9 Å². The number of hydrazone groups is 1. The van der Waals surface area contributed by atoms with E-state index in [9.17, 15) is 9.18 Å². The van der Waals surface area contributed by atoms with Gasteiger partial charge in [0.1, 0.15) is 18.2 Å². The van der Waals surface area contributed by atoms with Gasteiger partial charge in [0, 0.05) is 22.6 Å². The lowest BCUT2D eigenvalue weighted by atomic mass is 10.1. The Morgan fingerprint density at radius 3 is 2.11 bits per heavy atom. The van der Waals surface area contributed by atoms with Gasteiger partial charge in [-0.3, -0.25) is 4.79 Å². The summed E-state index contributed by atoms with van der Waals surface area (Å²) in [7, 11) is 0. The fraction of sp³-hybridized carbons (Fsp3) is 0.172. The normalized spacial score (nSPS) is 11.1. The third-order valence-corrected chi connectivity index (χ3v) is 5.82. The number of aryl methyl sites for hydroxylation is 4. The molecule has 1 aromatic heterocycles. The smallest absolute Gasteiger partial charge is 0.271 e. The van der Waals surface area contributed by atoms with E-state index in [4.69, 9.17) is 4.74 Å². The molecule has 1 amide bonds. The number of hydrogen-bond acceptors (Lipinski definition) is 3. The van der Waals surface area contributed by atoms with Gasteiger partial charge < -0.3 is 9.30 Å². The molecule has 0 spiro atoms. The van der Waals surface area contributed by atoms with Crippen LogP contribution in [0.1, 0.15) is 44.0 Å². The number of nitrogens with zero attached hydrogens (tertiary/aromatic N) is 2. The van der Waals surface area contributed by atoms with Gasteiger partial charge in [0.25, 0.3) is 5.91 Å². The topological polar surface area (TPSA) is 55.6 Å². The highest BCUT2D eigenvalue weighted by atomic mass is 19.1. The van der Waals surface area contributed by atoms with Crippen LogP contribution < -0.4 is 10.2 Å². The number of hydrogen-bond donors (Lipinski definition) is 1. The average molecular weight is 470 g/mol. The molecular formula is C29H28FN3O2. The Bertz CT molecular complexity index is 1330. The van der Waals surface area contributed by atoms with Gasteiger partial charge >= 0.3 is 0 Å². The molecule has 4 aromatic rings. The molecule has 0 unspecified atom stereocenters. The second-order valence-corrected chi connectivity index (χ2v) is 8.60. The Balaban J connectivity index is 1.38. The van der Waals surface area contributed by atoms with Crippen molar-refractivity contribution in [1.29, 1.82) is 0 Å². The van der Waals surface area contributed by atoms with E-state index in [2.05, 4.69) is 41.1 Å². The van der Waals surface area contributed by atoms with Crippen LogP contribution in [0.4, 0.5) is 4.39 Å². The molecule has 6 heteroatoms. The molecule has 0 radical (unpaired) electrons. The van der Waals surface area contributed by atoms with E-state index in [1.807, 2.05) is 38.1 Å². The van der Waals surface area contributed by atoms with Gasteiger partial charge in [-0.1, -0.05) is 12.1 Å². The van der Waals surface area contributed by atoms with Crippen LogP contribution >= 0.6 is 0 Å². The van der Waals surface area contributed by atoms with E-state index in [0.29, 0.717) is 12.2 Å². The summed E-state index contributed by atoms with van der Waals surface area (Å²) in [6, 6.07) is 21.7. The van der Waals surface area contributed by atoms with E-state index in [1.165, 1.54) is 12.1 Å². The molecule has 0 saturated carbocycles. The molecule has 0 aliphatic carbocycles. The van der Waals surface area contributed by atoms with Gasteiger partial charge in [0.2, 0.25) is 0 Å². The van der Waals surface area contributed by atoms with Crippen LogP contribution in [0.2, 0.25) is 0 Å². The first kappa shape index (κ1) is 24.0. The number of ether oxygens (including phenoxy) is 1. The Morgan fingerprint density at radius 2 is 1.51 bits per heavy atom. The van der Waals surface area contributed by atoms with Crippen molar-refractivity contribution in [2.45, 2.75) is 34.3 Å². The van der Waals surface area contributed by atoms with E-state index in [1.54, 1.807) is 30.5 Å². The maximum absolute atomic E-state index is 13.1. The summed E-state index contributed by atoms with van der Waals surface area (Å²) in [6.45, 7) is 8.37. The minimum absolute atomic E-state index is 0.268. The largest absolute Gasteiger partial charge is 0.488 e. The fourth-order valence-electron chi connectivity index (χ4n) is 4.09. The minimum atomic E-state index is -0.276. The molecule has 5 nitrogen and oxygen atoms in total. The Hall–Kier alpha value is -4.19. The molecule has 178 valence electrons. The lowest BCUT2D eigenvalue weighted by Gasteiger charge is -2.13. The van der Waals surface area contributed by atoms with Crippen molar-refractivity contribution in [2.75, 3.05) is 0 Å². The van der Waals surface area contributed by atoms with E-state index in [-0.39, 0.29) is 11.7 Å². The average Bonchev–Trinajstić information content (AvgIpc) is 3.17. The second-order valence-electron chi connectivity index (χ2n) is 8.60. The lowest BCUT2D eigenvalue weighted by molar-refractivity contribution is 0.0955. The summed E-state index contributed by atoms with van der Waals surface area (Å²) < 4.78 is 21.2. The van der Waals surface area contributed by atoms with Gasteiger partial charge in [0.05, 0.1) is 6.21 Å². The van der Waals surface area contributed by atoms with Crippen LogP contribution in [0.25, 0.3) is 5.69 Å². The van der Waals surface area contributed by atoms with Crippen LogP contribution in [-0.4, -0.2) is 16.7 Å². The van der Waals surface area contributed by atoms with E-state index < -0.39 is 0 Å². The maximum atomic E-state index is 13.1. The fourth-order valence-corrected chi connectivity index (χ4v) is 4.09. The number of carbonyl (C=O) groups excluding carboxylic acids is 1. The molecule has 1 N–H and O–H groups in total. The second kappa shape index (κ2) is 10.4. The van der Waals surface area contributed by atoms with Crippen molar-refractivity contribution in [3.63, 3.8) is 0 Å². The predicted octanol–water partition coefficient (Wildman–Crippen LogP) is 6.19. The van der Waals surface area contributed by atoms with Gasteiger partial charge in [-0.2, -0.15) is 5.10 Å². The predicted molar refractivity (Wildman–Crippen MR) is 137 cm³/mol. The van der Waals surface area contributed by atoms with Crippen molar-refractivity contribution in [3.8, 4) is 11.4 Å². The number of amides is 1. The Morgan fingerprint density at radius 1 is 0.914 bits per heavy atom. The number of carbonyl (C=O) groups is 1. The third kappa shape index (κ3) is 5.66. The number of rotatable bonds is 7. The van der Waals surface area contributed by atoms with Gasteiger partial charge in [0.15, 0.2) is 0 Å². The Labute approximate surface area is 204 Å². The zero-order chi connectivity index (χ0) is 24.9. The molecule has 4 rings (SSSR count). The molecule has 0 saturated heterocycles. The zero-order valence-electron chi connectivity index (χ0n) is 20.3. The monoisotopic (exact) mass is 469 g/mol. The van der Waals surface area contributed by atoms with Crippen LogP contribution in [0, 0.1) is 33.5 Å². The molecule has 1 heterocycles. The summed E-state index contributed by atoms with van der Waals surface area (Å²) in [5, 5.41) is 4.13. The van der Waals surface area contributed by atoms with Crippen molar-refractivity contribution in [1.82, 2.24) is 9.99 Å². The Kier molecular flexibility index (Phi) is 7.11. The highest BCUT2D eigenvalue weighted by molar-refractivity contribution is 5.95. The molecule has 0 aliphatic rings. The van der Waals surface area contributed by atoms with Crippen molar-refractivity contribution >= 4 is 12.1 Å². The van der Waals surface area contributed by atoms with Gasteiger partial charge in [-0.15, -0.1) is 0 Å². The summed E-state index contributed by atoms with van der Waals surface area (Å²) >= 11 is 0. The first-order chi connectivity index (χ1) is 16.8. The maximum Gasteiger partial charge on any atom is 0.271 e. The quantitative estimate of drug-likeness (QED) is 0.259. The summed E-state index contributed by atoms with van der Waals surface area (Å²) in [5.41, 5.74) is 10.1. The number of benzene rings is 3. The van der Waals surface area contributed by atoms with E-state index in [0.717, 1.165) is 45.1 Å². The highest BCUT2D eigenvalue weighted by Crippen LogP contribution is 2.25. The molecule has 0 fully saturated rings. The standard InChI is InChI=1S/C29H28FN3O2/c1-19-15-24(16-20(2)28(19)35-18-23-7-11-26(30)12-8-23)17-31-32-29(34)25-9-13-27(14-10-25)33-21(3)5-6-22(33)4/h5-17H,18H2,1-4H3,(H,32,34)/b31-17-. The van der Waals surface area contributed by atoms with Crippen LogP contribution in [-0.2, 0) is 6.61 Å². The van der Waals surface area contributed by atoms with Crippen molar-refractivity contribution in [2.24, 2.45) is 5.10 Å². The first-order valence-corrected chi connectivity index (χ1v) is 11.4. The molecule has 0 bridgehead atoms. The third-order valence-electron chi connectivity index (χ3n) is 5.82. The first-order valence-electron chi connectivity index (χ1n) is 11.4. The molecule has 0 aliphatic heterocycles. The minimum Gasteiger partial charge on any atom is -0.488 e. The highest BCUT2D eigenvalue weighted by Gasteiger charge is 2.09. The van der Waals surface area contributed by atoms with E-state index >= 15 is 0 Å². The number of nitrogens with one attached hydrogen (secondary N) is 1. The molecule has 3 aromatic carbocycles. The van der Waals surface area contributed by atoms with Crippen LogP contribution in [0.5, 0.6) is 5.75 Å². The summed E-state index contributed by atoms with van der Waals surface area (Å²) in [4.78, 5) is 12.5. The summed E-state index contributed by atoms with van der Waals surface area (Å²) in [5.74, 6) is 0.237. The number of halogens is 1.